The third-order valence-corrected chi connectivity index (χ3v) is 3.26. The SMILES string of the molecule is CCOC(=C[SiH2]CCCC(=O)O)OCC. The van der Waals surface area contributed by atoms with Crippen molar-refractivity contribution in [1.82, 2.24) is 0 Å². The van der Waals surface area contributed by atoms with Crippen LogP contribution in [0.15, 0.2) is 11.6 Å². The van der Waals surface area contributed by atoms with Crippen LogP contribution in [0.3, 0.4) is 0 Å². The van der Waals surface area contributed by atoms with Crippen LogP contribution in [0.1, 0.15) is 26.7 Å². The summed E-state index contributed by atoms with van der Waals surface area (Å²) in [5.74, 6) is -0.107. The number of carboxylic acids is 1. The number of hydrogen-bond donors (Lipinski definition) is 1. The van der Waals surface area contributed by atoms with Gasteiger partial charge in [0.05, 0.1) is 22.7 Å². The molecular formula is C10H20O4Si. The maximum Gasteiger partial charge on any atom is 0.303 e. The summed E-state index contributed by atoms with van der Waals surface area (Å²) in [6.07, 6.45) is 1.02. The molecule has 0 spiro atoms. The van der Waals surface area contributed by atoms with E-state index in [9.17, 15) is 4.79 Å². The molecule has 0 aliphatic heterocycles. The minimum Gasteiger partial charge on any atom is -0.481 e. The molecule has 0 aromatic carbocycles. The van der Waals surface area contributed by atoms with Gasteiger partial charge in [-0.1, -0.05) is 6.04 Å². The highest BCUT2D eigenvalue weighted by atomic mass is 28.2. The van der Waals surface area contributed by atoms with E-state index in [1.54, 1.807) is 0 Å². The topological polar surface area (TPSA) is 55.8 Å². The number of rotatable bonds is 9. The van der Waals surface area contributed by atoms with E-state index in [4.69, 9.17) is 14.6 Å². The zero-order chi connectivity index (χ0) is 11.5. The molecule has 0 heterocycles. The molecule has 15 heavy (non-hydrogen) atoms. The van der Waals surface area contributed by atoms with Crippen molar-refractivity contribution in [1.29, 1.82) is 0 Å². The Hall–Kier alpha value is -0.973. The normalized spacial score (nSPS) is 10.3. The van der Waals surface area contributed by atoms with E-state index in [1.165, 1.54) is 0 Å². The zero-order valence-corrected chi connectivity index (χ0v) is 10.9. The maximum absolute atomic E-state index is 10.3. The molecule has 0 aromatic rings. The smallest absolute Gasteiger partial charge is 0.303 e. The first-order valence-corrected chi connectivity index (χ1v) is 7.19. The summed E-state index contributed by atoms with van der Waals surface area (Å²) in [4.78, 5) is 10.3. The summed E-state index contributed by atoms with van der Waals surface area (Å²) in [5.41, 5.74) is 2.01. The highest BCUT2D eigenvalue weighted by Crippen LogP contribution is 2.01. The van der Waals surface area contributed by atoms with Crippen molar-refractivity contribution in [2.24, 2.45) is 0 Å². The zero-order valence-electron chi connectivity index (χ0n) is 9.49. The van der Waals surface area contributed by atoms with Gasteiger partial charge in [-0.3, -0.25) is 4.79 Å². The largest absolute Gasteiger partial charge is 0.481 e. The average Bonchev–Trinajstić information content (AvgIpc) is 2.17. The lowest BCUT2D eigenvalue weighted by molar-refractivity contribution is -0.137. The Morgan fingerprint density at radius 3 is 2.40 bits per heavy atom. The number of ether oxygens (including phenoxy) is 2. The van der Waals surface area contributed by atoms with E-state index in [-0.39, 0.29) is 6.42 Å². The van der Waals surface area contributed by atoms with Gasteiger partial charge >= 0.3 is 5.97 Å². The Morgan fingerprint density at radius 1 is 1.33 bits per heavy atom. The lowest BCUT2D eigenvalue weighted by Gasteiger charge is -2.08. The van der Waals surface area contributed by atoms with Crippen molar-refractivity contribution < 1.29 is 19.4 Å². The first-order chi connectivity index (χ1) is 7.20. The van der Waals surface area contributed by atoms with Gasteiger partial charge in [0.2, 0.25) is 0 Å². The summed E-state index contributed by atoms with van der Waals surface area (Å²) in [6, 6.07) is 0.982. The summed E-state index contributed by atoms with van der Waals surface area (Å²) < 4.78 is 10.5. The molecule has 0 saturated carbocycles. The molecule has 0 aliphatic rings. The standard InChI is InChI=1S/C10H20O4Si/c1-3-13-10(14-4-2)8-15-7-5-6-9(11)12/h8H,3-7,15H2,1-2H3,(H,11,12). The fourth-order valence-electron chi connectivity index (χ4n) is 1.08. The van der Waals surface area contributed by atoms with Gasteiger partial charge in [0.1, 0.15) is 0 Å². The Balaban J connectivity index is 3.64. The molecule has 0 fully saturated rings. The van der Waals surface area contributed by atoms with Gasteiger partial charge in [-0.15, -0.1) is 0 Å². The predicted molar refractivity (Wildman–Crippen MR) is 61.6 cm³/mol. The molecule has 5 heteroatoms. The van der Waals surface area contributed by atoms with Crippen molar-refractivity contribution >= 4 is 15.5 Å². The van der Waals surface area contributed by atoms with E-state index >= 15 is 0 Å². The molecule has 0 saturated heterocycles. The summed E-state index contributed by atoms with van der Waals surface area (Å²) in [5, 5.41) is 8.44. The van der Waals surface area contributed by atoms with Gasteiger partial charge in [-0.25, -0.2) is 0 Å². The third kappa shape index (κ3) is 9.33. The van der Waals surface area contributed by atoms with Crippen LogP contribution < -0.4 is 0 Å². The molecule has 0 radical (unpaired) electrons. The van der Waals surface area contributed by atoms with Crippen LogP contribution in [-0.4, -0.2) is 33.8 Å². The minimum absolute atomic E-state index is 0.263. The van der Waals surface area contributed by atoms with E-state index in [0.29, 0.717) is 19.2 Å². The van der Waals surface area contributed by atoms with Crippen LogP contribution in [0, 0.1) is 0 Å². The van der Waals surface area contributed by atoms with E-state index in [1.807, 2.05) is 19.5 Å². The molecule has 0 bridgehead atoms. The van der Waals surface area contributed by atoms with Crippen molar-refractivity contribution in [2.45, 2.75) is 32.7 Å². The summed E-state index contributed by atoms with van der Waals surface area (Å²) in [6.45, 7) is 5.04. The Labute approximate surface area is 93.1 Å². The van der Waals surface area contributed by atoms with Gasteiger partial charge in [0, 0.05) is 6.42 Å². The van der Waals surface area contributed by atoms with Crippen molar-refractivity contribution in [3.63, 3.8) is 0 Å². The molecule has 0 aliphatic carbocycles. The molecule has 0 amide bonds. The van der Waals surface area contributed by atoms with Gasteiger partial charge in [-0.2, -0.15) is 0 Å². The third-order valence-electron chi connectivity index (χ3n) is 1.73. The van der Waals surface area contributed by atoms with Crippen molar-refractivity contribution in [2.75, 3.05) is 13.2 Å². The molecule has 0 atom stereocenters. The quantitative estimate of drug-likeness (QED) is 0.370. The molecule has 88 valence electrons. The summed E-state index contributed by atoms with van der Waals surface area (Å²) >= 11 is 0. The summed E-state index contributed by atoms with van der Waals surface area (Å²) in [7, 11) is -0.395. The Morgan fingerprint density at radius 2 is 1.93 bits per heavy atom. The van der Waals surface area contributed by atoms with E-state index in [2.05, 4.69) is 0 Å². The van der Waals surface area contributed by atoms with Crippen molar-refractivity contribution in [3.05, 3.63) is 11.6 Å². The number of hydrogen-bond acceptors (Lipinski definition) is 3. The number of aliphatic carboxylic acids is 1. The highest BCUT2D eigenvalue weighted by molar-refractivity contribution is 6.42. The van der Waals surface area contributed by atoms with E-state index < -0.39 is 15.5 Å². The second-order valence-corrected chi connectivity index (χ2v) is 4.72. The van der Waals surface area contributed by atoms with Gasteiger partial charge < -0.3 is 14.6 Å². The van der Waals surface area contributed by atoms with E-state index in [0.717, 1.165) is 12.5 Å². The average molecular weight is 232 g/mol. The van der Waals surface area contributed by atoms with Crippen LogP contribution in [0.25, 0.3) is 0 Å². The fraction of sp³-hybridized carbons (Fsp3) is 0.700. The molecule has 4 nitrogen and oxygen atoms in total. The second kappa shape index (κ2) is 9.58. The predicted octanol–water partition coefficient (Wildman–Crippen LogP) is 1.31. The molecule has 1 N–H and O–H groups in total. The second-order valence-electron chi connectivity index (χ2n) is 3.03. The first kappa shape index (κ1) is 14.0. The van der Waals surface area contributed by atoms with Crippen LogP contribution in [-0.2, 0) is 14.3 Å². The first-order valence-electron chi connectivity index (χ1n) is 5.38. The lowest BCUT2D eigenvalue weighted by Crippen LogP contribution is -2.01. The molecule has 0 rings (SSSR count). The maximum atomic E-state index is 10.3. The van der Waals surface area contributed by atoms with Crippen LogP contribution in [0.2, 0.25) is 6.04 Å². The lowest BCUT2D eigenvalue weighted by atomic mass is 10.3. The Kier molecular flexibility index (Phi) is 8.96. The van der Waals surface area contributed by atoms with Crippen molar-refractivity contribution in [3.8, 4) is 0 Å². The number of carboxylic acid groups (broad SMARTS) is 1. The van der Waals surface area contributed by atoms with Crippen LogP contribution in [0.5, 0.6) is 0 Å². The fourth-order valence-corrected chi connectivity index (χ4v) is 2.30. The molecular weight excluding hydrogens is 212 g/mol. The molecule has 0 aromatic heterocycles. The van der Waals surface area contributed by atoms with Gasteiger partial charge in [0.25, 0.3) is 5.95 Å². The Bertz CT molecular complexity index is 196. The highest BCUT2D eigenvalue weighted by Gasteiger charge is 1.98. The van der Waals surface area contributed by atoms with Crippen LogP contribution >= 0.6 is 0 Å². The van der Waals surface area contributed by atoms with Crippen LogP contribution in [0.4, 0.5) is 0 Å². The minimum atomic E-state index is -0.720. The molecule has 0 unspecified atom stereocenters. The van der Waals surface area contributed by atoms with Gasteiger partial charge in [0.15, 0.2) is 0 Å². The monoisotopic (exact) mass is 232 g/mol. The number of carbonyl (C=O) groups is 1. The van der Waals surface area contributed by atoms with Gasteiger partial charge in [-0.05, 0) is 26.0 Å².